The van der Waals surface area contributed by atoms with E-state index in [0.717, 1.165) is 5.56 Å². The van der Waals surface area contributed by atoms with Gasteiger partial charge in [-0.15, -0.1) is 0 Å². The molecule has 0 radical (unpaired) electrons. The molecule has 4 N–H and O–H groups in total. The Bertz CT molecular complexity index is 745. The first-order valence-electron chi connectivity index (χ1n) is 7.84. The third-order valence-electron chi connectivity index (χ3n) is 4.92. The van der Waals surface area contributed by atoms with E-state index < -0.39 is 21.3 Å². The number of nitrogens with zero attached hydrogens (tertiary/aromatic N) is 1. The van der Waals surface area contributed by atoms with Crippen LogP contribution in [0, 0.1) is 11.3 Å². The summed E-state index contributed by atoms with van der Waals surface area (Å²) in [6.07, 6.45) is 0.948. The van der Waals surface area contributed by atoms with Gasteiger partial charge in [-0.25, -0.2) is 13.6 Å². The average Bonchev–Trinajstić information content (AvgIpc) is 2.76. The van der Waals surface area contributed by atoms with Crippen LogP contribution in [-0.2, 0) is 26.0 Å². The summed E-state index contributed by atoms with van der Waals surface area (Å²) in [4.78, 5) is 26.2. The van der Waals surface area contributed by atoms with Crippen molar-refractivity contribution in [3.63, 3.8) is 0 Å². The second-order valence-corrected chi connectivity index (χ2v) is 7.84. The topological polar surface area (TPSA) is 124 Å². The highest BCUT2D eigenvalue weighted by atomic mass is 32.2. The lowest BCUT2D eigenvalue weighted by Gasteiger charge is -2.25. The zero-order valence-electron chi connectivity index (χ0n) is 13.9. The lowest BCUT2D eigenvalue weighted by Crippen LogP contribution is -2.46. The van der Waals surface area contributed by atoms with Crippen LogP contribution < -0.4 is 10.9 Å². The molecule has 1 aromatic carbocycles. The summed E-state index contributed by atoms with van der Waals surface area (Å²) in [5, 5.41) is 5.06. The van der Waals surface area contributed by atoms with Crippen LogP contribution in [0.4, 0.5) is 0 Å². The van der Waals surface area contributed by atoms with Gasteiger partial charge in [0.05, 0.1) is 4.90 Å². The van der Waals surface area contributed by atoms with Crippen LogP contribution in [0.25, 0.3) is 0 Å². The number of nitrogens with two attached hydrogens (primary N) is 2. The SMILES string of the molecule is CCC1(C(N)=O)C(=O)N(CCc2ccc(S(N)(=O)=O)cc2)CC1C. The van der Waals surface area contributed by atoms with E-state index in [1.165, 1.54) is 12.1 Å². The lowest BCUT2D eigenvalue weighted by molar-refractivity contribution is -0.145. The first-order valence-corrected chi connectivity index (χ1v) is 9.38. The molecular formula is C16H23N3O4S. The number of primary sulfonamides is 1. The molecule has 2 atom stereocenters. The number of primary amides is 1. The fraction of sp³-hybridized carbons (Fsp3) is 0.500. The van der Waals surface area contributed by atoms with Gasteiger partial charge in [0, 0.05) is 13.1 Å². The van der Waals surface area contributed by atoms with E-state index in [2.05, 4.69) is 0 Å². The fourth-order valence-corrected chi connectivity index (χ4v) is 3.90. The first kappa shape index (κ1) is 18.4. The molecule has 8 heteroatoms. The number of hydrogen-bond donors (Lipinski definition) is 2. The smallest absolute Gasteiger partial charge is 0.238 e. The molecule has 0 bridgehead atoms. The van der Waals surface area contributed by atoms with Crippen molar-refractivity contribution in [2.75, 3.05) is 13.1 Å². The molecule has 0 spiro atoms. The summed E-state index contributed by atoms with van der Waals surface area (Å²) in [6, 6.07) is 6.23. The van der Waals surface area contributed by atoms with Gasteiger partial charge in [-0.05, 0) is 36.5 Å². The molecule has 1 aliphatic rings. The maximum Gasteiger partial charge on any atom is 0.238 e. The summed E-state index contributed by atoms with van der Waals surface area (Å²) in [7, 11) is -3.71. The zero-order chi connectivity index (χ0) is 18.1. The number of amides is 2. The molecular weight excluding hydrogens is 330 g/mol. The van der Waals surface area contributed by atoms with Gasteiger partial charge < -0.3 is 10.6 Å². The van der Waals surface area contributed by atoms with Crippen LogP contribution in [0.3, 0.4) is 0 Å². The number of sulfonamides is 1. The third-order valence-corrected chi connectivity index (χ3v) is 5.85. The van der Waals surface area contributed by atoms with E-state index in [1.54, 1.807) is 24.0 Å². The van der Waals surface area contributed by atoms with Crippen molar-refractivity contribution in [3.8, 4) is 0 Å². The highest BCUT2D eigenvalue weighted by Gasteiger charge is 2.54. The van der Waals surface area contributed by atoms with Crippen molar-refractivity contribution < 1.29 is 18.0 Å². The Morgan fingerprint density at radius 2 is 1.92 bits per heavy atom. The molecule has 0 aromatic heterocycles. The Labute approximate surface area is 142 Å². The molecule has 1 aromatic rings. The second-order valence-electron chi connectivity index (χ2n) is 6.28. The minimum Gasteiger partial charge on any atom is -0.369 e. The molecule has 1 saturated heterocycles. The van der Waals surface area contributed by atoms with Gasteiger partial charge in [0.1, 0.15) is 5.41 Å². The largest absolute Gasteiger partial charge is 0.369 e. The quantitative estimate of drug-likeness (QED) is 0.711. The predicted molar refractivity (Wildman–Crippen MR) is 89.2 cm³/mol. The Morgan fingerprint density at radius 3 is 2.33 bits per heavy atom. The van der Waals surface area contributed by atoms with Gasteiger partial charge in [0.15, 0.2) is 0 Å². The van der Waals surface area contributed by atoms with Crippen LogP contribution in [-0.4, -0.2) is 38.2 Å². The second kappa shape index (κ2) is 6.52. The summed E-state index contributed by atoms with van der Waals surface area (Å²) < 4.78 is 22.5. The van der Waals surface area contributed by atoms with Crippen molar-refractivity contribution in [1.82, 2.24) is 4.90 Å². The Kier molecular flexibility index (Phi) is 5.00. The van der Waals surface area contributed by atoms with Crippen LogP contribution in [0.15, 0.2) is 29.2 Å². The maximum absolute atomic E-state index is 12.6. The van der Waals surface area contributed by atoms with Gasteiger partial charge in [0.25, 0.3) is 0 Å². The highest BCUT2D eigenvalue weighted by Crippen LogP contribution is 2.39. The van der Waals surface area contributed by atoms with Crippen LogP contribution in [0.5, 0.6) is 0 Å². The van der Waals surface area contributed by atoms with Crippen molar-refractivity contribution in [2.24, 2.45) is 22.2 Å². The molecule has 2 unspecified atom stereocenters. The highest BCUT2D eigenvalue weighted by molar-refractivity contribution is 7.89. The van der Waals surface area contributed by atoms with Crippen molar-refractivity contribution in [1.29, 1.82) is 0 Å². The molecule has 24 heavy (non-hydrogen) atoms. The number of carbonyl (C=O) groups excluding carboxylic acids is 2. The van der Waals surface area contributed by atoms with E-state index >= 15 is 0 Å². The van der Waals surface area contributed by atoms with Gasteiger partial charge in [-0.2, -0.15) is 0 Å². The van der Waals surface area contributed by atoms with Crippen LogP contribution in [0.1, 0.15) is 25.8 Å². The summed E-state index contributed by atoms with van der Waals surface area (Å²) in [5.74, 6) is -0.911. The molecule has 1 heterocycles. The third kappa shape index (κ3) is 3.16. The summed E-state index contributed by atoms with van der Waals surface area (Å²) in [5.41, 5.74) is 5.27. The molecule has 7 nitrogen and oxygen atoms in total. The van der Waals surface area contributed by atoms with Crippen molar-refractivity contribution in [2.45, 2.75) is 31.6 Å². The number of benzene rings is 1. The number of rotatable bonds is 6. The minimum absolute atomic E-state index is 0.0517. The standard InChI is InChI=1S/C16H23N3O4S/c1-3-16(14(17)20)11(2)10-19(15(16)21)9-8-12-4-6-13(7-5-12)24(18,22)23/h4-7,11H,3,8-10H2,1-2H3,(H2,17,20)(H2,18,22,23). The predicted octanol–water partition coefficient (Wildman–Crippen LogP) is 0.237. The van der Waals surface area contributed by atoms with E-state index in [9.17, 15) is 18.0 Å². The number of carbonyl (C=O) groups is 2. The lowest BCUT2D eigenvalue weighted by atomic mass is 9.75. The Hall–Kier alpha value is -1.93. The zero-order valence-corrected chi connectivity index (χ0v) is 14.7. The van der Waals surface area contributed by atoms with Crippen molar-refractivity contribution in [3.05, 3.63) is 29.8 Å². The van der Waals surface area contributed by atoms with Crippen molar-refractivity contribution >= 4 is 21.8 Å². The first-order chi connectivity index (χ1) is 11.1. The molecule has 0 aliphatic carbocycles. The van der Waals surface area contributed by atoms with Gasteiger partial charge in [-0.1, -0.05) is 26.0 Å². The Balaban J connectivity index is 2.08. The molecule has 2 amide bonds. The molecule has 1 fully saturated rings. The Morgan fingerprint density at radius 1 is 1.33 bits per heavy atom. The molecule has 132 valence electrons. The summed E-state index contributed by atoms with van der Waals surface area (Å²) in [6.45, 7) is 4.61. The maximum atomic E-state index is 12.6. The van der Waals surface area contributed by atoms with Crippen LogP contribution >= 0.6 is 0 Å². The minimum atomic E-state index is -3.71. The van der Waals surface area contributed by atoms with Gasteiger partial charge >= 0.3 is 0 Å². The van der Waals surface area contributed by atoms with E-state index in [0.29, 0.717) is 25.9 Å². The van der Waals surface area contributed by atoms with E-state index in [1.807, 2.05) is 6.92 Å². The number of hydrogen-bond acceptors (Lipinski definition) is 4. The van der Waals surface area contributed by atoms with E-state index in [-0.39, 0.29) is 16.7 Å². The van der Waals surface area contributed by atoms with Crippen LogP contribution in [0.2, 0.25) is 0 Å². The average molecular weight is 353 g/mol. The normalized spacial score (nSPS) is 24.4. The monoisotopic (exact) mass is 353 g/mol. The molecule has 2 rings (SSSR count). The number of likely N-dealkylation sites (tertiary alicyclic amines) is 1. The van der Waals surface area contributed by atoms with Gasteiger partial charge in [-0.3, -0.25) is 9.59 Å². The molecule has 0 saturated carbocycles. The summed E-state index contributed by atoms with van der Waals surface area (Å²) >= 11 is 0. The van der Waals surface area contributed by atoms with Gasteiger partial charge in [0.2, 0.25) is 21.8 Å². The molecule has 1 aliphatic heterocycles. The fourth-order valence-electron chi connectivity index (χ4n) is 3.39. The van der Waals surface area contributed by atoms with E-state index in [4.69, 9.17) is 10.9 Å².